The zero-order chi connectivity index (χ0) is 10.7. The number of hydrogen-bond donors (Lipinski definition) is 1. The standard InChI is InChI=1S/C11H9FN2O/c12-8-2-1-3-9(6-8)15-11-4-5-14-7-10(11)13/h1-7H,13H2. The van der Waals surface area contributed by atoms with E-state index in [4.69, 9.17) is 10.5 Å². The van der Waals surface area contributed by atoms with Gasteiger partial charge in [0.15, 0.2) is 5.75 Å². The van der Waals surface area contributed by atoms with E-state index in [0.29, 0.717) is 17.2 Å². The first-order chi connectivity index (χ1) is 7.25. The molecule has 1 aromatic carbocycles. The van der Waals surface area contributed by atoms with Gasteiger partial charge in [-0.05, 0) is 12.1 Å². The van der Waals surface area contributed by atoms with Crippen LogP contribution in [0.15, 0.2) is 42.7 Å². The van der Waals surface area contributed by atoms with Gasteiger partial charge in [-0.1, -0.05) is 6.07 Å². The van der Waals surface area contributed by atoms with Crippen molar-refractivity contribution in [2.45, 2.75) is 0 Å². The van der Waals surface area contributed by atoms with Crippen molar-refractivity contribution in [3.05, 3.63) is 48.5 Å². The fourth-order valence-electron chi connectivity index (χ4n) is 1.14. The van der Waals surface area contributed by atoms with Gasteiger partial charge in [-0.15, -0.1) is 0 Å². The Bertz CT molecular complexity index is 474. The minimum atomic E-state index is -0.347. The van der Waals surface area contributed by atoms with Gasteiger partial charge in [0.05, 0.1) is 11.9 Å². The number of anilines is 1. The molecule has 2 N–H and O–H groups in total. The number of nitrogens with two attached hydrogens (primary N) is 1. The maximum Gasteiger partial charge on any atom is 0.153 e. The van der Waals surface area contributed by atoms with Gasteiger partial charge in [0.25, 0.3) is 0 Å². The first-order valence-corrected chi connectivity index (χ1v) is 4.38. The SMILES string of the molecule is Nc1cnccc1Oc1cccc(F)c1. The predicted molar refractivity (Wildman–Crippen MR) is 55.1 cm³/mol. The Morgan fingerprint density at radius 2 is 2.13 bits per heavy atom. The number of halogens is 1. The summed E-state index contributed by atoms with van der Waals surface area (Å²) in [5.41, 5.74) is 6.04. The van der Waals surface area contributed by atoms with Crippen LogP contribution in [0.1, 0.15) is 0 Å². The second-order valence-electron chi connectivity index (χ2n) is 2.97. The Hall–Kier alpha value is -2.10. The molecular formula is C11H9FN2O. The maximum atomic E-state index is 12.8. The Kier molecular flexibility index (Phi) is 2.49. The molecule has 0 bridgehead atoms. The molecule has 0 saturated heterocycles. The smallest absolute Gasteiger partial charge is 0.153 e. The Morgan fingerprint density at radius 3 is 2.87 bits per heavy atom. The van der Waals surface area contributed by atoms with E-state index in [9.17, 15) is 4.39 Å². The Labute approximate surface area is 86.3 Å². The highest BCUT2D eigenvalue weighted by molar-refractivity contribution is 5.51. The van der Waals surface area contributed by atoms with E-state index in [-0.39, 0.29) is 5.82 Å². The van der Waals surface area contributed by atoms with Gasteiger partial charge in [0.2, 0.25) is 0 Å². The van der Waals surface area contributed by atoms with Crippen molar-refractivity contribution in [2.24, 2.45) is 0 Å². The van der Waals surface area contributed by atoms with Crippen LogP contribution in [0.4, 0.5) is 10.1 Å². The third-order valence-corrected chi connectivity index (χ3v) is 1.83. The number of ether oxygens (including phenoxy) is 1. The average Bonchev–Trinajstić information content (AvgIpc) is 2.22. The Balaban J connectivity index is 2.26. The van der Waals surface area contributed by atoms with Crippen molar-refractivity contribution in [2.75, 3.05) is 5.73 Å². The second kappa shape index (κ2) is 3.96. The fraction of sp³-hybridized carbons (Fsp3) is 0. The highest BCUT2D eigenvalue weighted by Gasteiger charge is 2.01. The average molecular weight is 204 g/mol. The topological polar surface area (TPSA) is 48.1 Å². The van der Waals surface area contributed by atoms with Gasteiger partial charge in [-0.3, -0.25) is 4.98 Å². The van der Waals surface area contributed by atoms with E-state index < -0.39 is 0 Å². The zero-order valence-electron chi connectivity index (χ0n) is 7.85. The van der Waals surface area contributed by atoms with Gasteiger partial charge in [-0.2, -0.15) is 0 Å². The molecule has 0 aliphatic carbocycles. The van der Waals surface area contributed by atoms with E-state index in [1.165, 1.54) is 18.3 Å². The summed E-state index contributed by atoms with van der Waals surface area (Å²) in [5, 5.41) is 0. The number of nitrogen functional groups attached to an aromatic ring is 1. The summed E-state index contributed by atoms with van der Waals surface area (Å²) < 4.78 is 18.2. The second-order valence-corrected chi connectivity index (χ2v) is 2.97. The van der Waals surface area contributed by atoms with Crippen LogP contribution in [-0.2, 0) is 0 Å². The monoisotopic (exact) mass is 204 g/mol. The summed E-state index contributed by atoms with van der Waals surface area (Å²) in [6.07, 6.45) is 3.04. The lowest BCUT2D eigenvalue weighted by molar-refractivity contribution is 0.478. The van der Waals surface area contributed by atoms with E-state index in [2.05, 4.69) is 4.98 Å². The molecule has 0 spiro atoms. The molecule has 0 unspecified atom stereocenters. The lowest BCUT2D eigenvalue weighted by Crippen LogP contribution is -1.92. The van der Waals surface area contributed by atoms with Crippen LogP contribution < -0.4 is 10.5 Å². The number of benzene rings is 1. The largest absolute Gasteiger partial charge is 0.455 e. The molecule has 0 amide bonds. The zero-order valence-corrected chi connectivity index (χ0v) is 7.85. The lowest BCUT2D eigenvalue weighted by Gasteiger charge is -2.07. The first-order valence-electron chi connectivity index (χ1n) is 4.38. The summed E-state index contributed by atoms with van der Waals surface area (Å²) in [6, 6.07) is 7.49. The minimum absolute atomic E-state index is 0.347. The lowest BCUT2D eigenvalue weighted by atomic mass is 10.3. The third-order valence-electron chi connectivity index (χ3n) is 1.83. The molecule has 4 heteroatoms. The van der Waals surface area contributed by atoms with Gasteiger partial charge >= 0.3 is 0 Å². The van der Waals surface area contributed by atoms with Crippen molar-refractivity contribution in [1.29, 1.82) is 0 Å². The molecule has 76 valence electrons. The minimum Gasteiger partial charge on any atom is -0.455 e. The highest BCUT2D eigenvalue weighted by atomic mass is 19.1. The van der Waals surface area contributed by atoms with Crippen molar-refractivity contribution in [1.82, 2.24) is 4.98 Å². The fourth-order valence-corrected chi connectivity index (χ4v) is 1.14. The summed E-state index contributed by atoms with van der Waals surface area (Å²) in [4.78, 5) is 3.83. The molecule has 15 heavy (non-hydrogen) atoms. The number of pyridine rings is 1. The van der Waals surface area contributed by atoms with Crippen molar-refractivity contribution in [3.63, 3.8) is 0 Å². The van der Waals surface area contributed by atoms with E-state index in [0.717, 1.165) is 0 Å². The summed E-state index contributed by atoms with van der Waals surface area (Å²) >= 11 is 0. The molecule has 2 aromatic rings. The van der Waals surface area contributed by atoms with Crippen molar-refractivity contribution in [3.8, 4) is 11.5 Å². The molecule has 1 aromatic heterocycles. The number of aromatic nitrogens is 1. The van der Waals surface area contributed by atoms with Crippen LogP contribution in [-0.4, -0.2) is 4.98 Å². The molecule has 0 aliphatic rings. The summed E-state index contributed by atoms with van der Waals surface area (Å²) in [7, 11) is 0. The van der Waals surface area contributed by atoms with Gasteiger partial charge in [0.1, 0.15) is 11.6 Å². The van der Waals surface area contributed by atoms with Crippen LogP contribution in [0.25, 0.3) is 0 Å². The highest BCUT2D eigenvalue weighted by Crippen LogP contribution is 2.26. The normalized spacial score (nSPS) is 9.93. The Morgan fingerprint density at radius 1 is 1.27 bits per heavy atom. The van der Waals surface area contributed by atoms with E-state index in [1.54, 1.807) is 24.4 Å². The van der Waals surface area contributed by atoms with Crippen LogP contribution in [0.2, 0.25) is 0 Å². The van der Waals surface area contributed by atoms with Gasteiger partial charge in [0, 0.05) is 18.3 Å². The molecule has 3 nitrogen and oxygen atoms in total. The molecule has 0 aliphatic heterocycles. The third kappa shape index (κ3) is 2.22. The maximum absolute atomic E-state index is 12.8. The summed E-state index contributed by atoms with van der Waals surface area (Å²) in [5.74, 6) is 0.531. The molecule has 0 fully saturated rings. The number of hydrogen-bond acceptors (Lipinski definition) is 3. The first kappa shape index (κ1) is 9.45. The number of rotatable bonds is 2. The van der Waals surface area contributed by atoms with Crippen LogP contribution in [0.5, 0.6) is 11.5 Å². The molecule has 0 atom stereocenters. The quantitative estimate of drug-likeness (QED) is 0.817. The molecule has 0 saturated carbocycles. The van der Waals surface area contributed by atoms with Crippen LogP contribution in [0, 0.1) is 5.82 Å². The number of nitrogens with zero attached hydrogens (tertiary/aromatic N) is 1. The van der Waals surface area contributed by atoms with Gasteiger partial charge < -0.3 is 10.5 Å². The van der Waals surface area contributed by atoms with Gasteiger partial charge in [-0.25, -0.2) is 4.39 Å². The molecule has 1 heterocycles. The van der Waals surface area contributed by atoms with Crippen LogP contribution >= 0.6 is 0 Å². The summed E-state index contributed by atoms with van der Waals surface area (Å²) in [6.45, 7) is 0. The predicted octanol–water partition coefficient (Wildman–Crippen LogP) is 2.60. The van der Waals surface area contributed by atoms with Crippen LogP contribution in [0.3, 0.4) is 0 Å². The van der Waals surface area contributed by atoms with Crippen molar-refractivity contribution >= 4 is 5.69 Å². The van der Waals surface area contributed by atoms with E-state index >= 15 is 0 Å². The molecular weight excluding hydrogens is 195 g/mol. The van der Waals surface area contributed by atoms with E-state index in [1.807, 2.05) is 0 Å². The van der Waals surface area contributed by atoms with Crippen molar-refractivity contribution < 1.29 is 9.13 Å². The molecule has 2 rings (SSSR count). The molecule has 0 radical (unpaired) electrons.